The fraction of sp³-hybridized carbons (Fsp3) is 0.429. The van der Waals surface area contributed by atoms with E-state index in [1.165, 1.54) is 0 Å². The van der Waals surface area contributed by atoms with Crippen molar-refractivity contribution in [2.45, 2.75) is 39.7 Å². The highest BCUT2D eigenvalue weighted by Gasteiger charge is 2.13. The average molecular weight is 494 g/mol. The van der Waals surface area contributed by atoms with Crippen LogP contribution in [0.25, 0.3) is 22.0 Å². The van der Waals surface area contributed by atoms with E-state index in [1.54, 1.807) is 20.4 Å². The average Bonchev–Trinajstić information content (AvgIpc) is 2.93. The van der Waals surface area contributed by atoms with Gasteiger partial charge in [-0.2, -0.15) is 0 Å². The second-order valence-corrected chi connectivity index (χ2v) is 7.63. The van der Waals surface area contributed by atoms with Gasteiger partial charge in [-0.25, -0.2) is 9.97 Å². The van der Waals surface area contributed by atoms with E-state index in [0.29, 0.717) is 12.0 Å². The van der Waals surface area contributed by atoms with Crippen LogP contribution in [0.15, 0.2) is 52.6 Å². The molecule has 0 spiro atoms. The lowest BCUT2D eigenvalue weighted by Gasteiger charge is -2.21. The number of rotatable bonds is 11. The zero-order chi connectivity index (χ0) is 26.8. The molecule has 1 atom stereocenters. The Morgan fingerprint density at radius 1 is 1.11 bits per heavy atom. The molecule has 0 aliphatic heterocycles. The van der Waals surface area contributed by atoms with E-state index in [-0.39, 0.29) is 0 Å². The highest BCUT2D eigenvalue weighted by Crippen LogP contribution is 2.33. The molecule has 0 aliphatic carbocycles. The second-order valence-electron chi connectivity index (χ2n) is 7.63. The Morgan fingerprint density at radius 3 is 2.50 bits per heavy atom. The van der Waals surface area contributed by atoms with E-state index in [1.807, 2.05) is 53.2 Å². The van der Waals surface area contributed by atoms with Gasteiger partial charge >= 0.3 is 0 Å². The minimum atomic E-state index is 0.291. The van der Waals surface area contributed by atoms with Crippen molar-refractivity contribution >= 4 is 35.3 Å². The maximum atomic E-state index is 5.49. The van der Waals surface area contributed by atoms with Crippen LogP contribution in [0.5, 0.6) is 5.75 Å². The fourth-order valence-corrected chi connectivity index (χ4v) is 3.56. The smallest absolute Gasteiger partial charge is 0.222 e. The van der Waals surface area contributed by atoms with Crippen LogP contribution in [-0.2, 0) is 0 Å². The Kier molecular flexibility index (Phi) is 15.1. The van der Waals surface area contributed by atoms with Crippen molar-refractivity contribution in [2.75, 3.05) is 52.0 Å². The van der Waals surface area contributed by atoms with Crippen molar-refractivity contribution in [1.82, 2.24) is 15.3 Å². The number of methoxy groups -OCH3 is 1. The molecule has 8 nitrogen and oxygen atoms in total. The van der Waals surface area contributed by atoms with Crippen molar-refractivity contribution in [3.8, 4) is 17.0 Å². The third kappa shape index (κ3) is 9.62. The summed E-state index contributed by atoms with van der Waals surface area (Å²) in [5, 5.41) is 12.3. The van der Waals surface area contributed by atoms with E-state index in [4.69, 9.17) is 4.74 Å². The number of hydrogen-bond acceptors (Lipinski definition) is 8. The zero-order valence-corrected chi connectivity index (χ0v) is 22.9. The number of ether oxygens (including phenoxy) is 1. The maximum absolute atomic E-state index is 5.49. The Morgan fingerprint density at radius 2 is 1.86 bits per heavy atom. The summed E-state index contributed by atoms with van der Waals surface area (Å²) in [6.07, 6.45) is 5.60. The molecule has 0 aliphatic rings. The molecule has 196 valence electrons. The molecule has 0 bridgehead atoms. The molecular formula is C28H43N7O. The molecule has 3 rings (SSSR count). The van der Waals surface area contributed by atoms with Crippen molar-refractivity contribution in [3.63, 3.8) is 0 Å². The van der Waals surface area contributed by atoms with Crippen molar-refractivity contribution in [3.05, 3.63) is 42.6 Å². The molecule has 8 heteroatoms. The Hall–Kier alpha value is -3.52. The van der Waals surface area contributed by atoms with Crippen LogP contribution in [0.1, 0.15) is 33.6 Å². The Bertz CT molecular complexity index is 1070. The van der Waals surface area contributed by atoms with Crippen LogP contribution in [0.4, 0.5) is 11.6 Å². The summed E-state index contributed by atoms with van der Waals surface area (Å²) in [4.78, 5) is 16.5. The topological polar surface area (TPSA) is 95.8 Å². The lowest BCUT2D eigenvalue weighted by molar-refractivity contribution is 0.415. The summed E-state index contributed by atoms with van der Waals surface area (Å²) in [7, 11) is 7.14. The monoisotopic (exact) mass is 493 g/mol. The first kappa shape index (κ1) is 30.5. The van der Waals surface area contributed by atoms with E-state index in [9.17, 15) is 0 Å². The first-order valence-electron chi connectivity index (χ1n) is 12.4. The van der Waals surface area contributed by atoms with Gasteiger partial charge in [-0.05, 0) is 82.0 Å². The summed E-state index contributed by atoms with van der Waals surface area (Å²) in [5.41, 5.74) is 2.98. The number of aromatic nitrogens is 2. The predicted octanol–water partition coefficient (Wildman–Crippen LogP) is 5.56. The van der Waals surface area contributed by atoms with Crippen molar-refractivity contribution < 1.29 is 4.74 Å². The van der Waals surface area contributed by atoms with Gasteiger partial charge in [-0.1, -0.05) is 19.9 Å². The van der Waals surface area contributed by atoms with Gasteiger partial charge in [0.1, 0.15) is 5.75 Å². The van der Waals surface area contributed by atoms with Gasteiger partial charge < -0.3 is 25.7 Å². The molecule has 1 heterocycles. The van der Waals surface area contributed by atoms with E-state index in [0.717, 1.165) is 59.4 Å². The first-order valence-corrected chi connectivity index (χ1v) is 12.4. The van der Waals surface area contributed by atoms with Gasteiger partial charge in [0.05, 0.1) is 12.8 Å². The van der Waals surface area contributed by atoms with E-state index < -0.39 is 0 Å². The van der Waals surface area contributed by atoms with Crippen LogP contribution in [0.3, 0.4) is 0 Å². The molecule has 0 saturated heterocycles. The van der Waals surface area contributed by atoms with Gasteiger partial charge in [0, 0.05) is 49.5 Å². The molecule has 36 heavy (non-hydrogen) atoms. The number of fused-ring (bicyclic) bond motifs is 1. The molecule has 1 aromatic heterocycles. The van der Waals surface area contributed by atoms with Gasteiger partial charge in [-0.3, -0.25) is 4.99 Å². The minimum absolute atomic E-state index is 0.291. The first-order chi connectivity index (χ1) is 17.6. The van der Waals surface area contributed by atoms with Crippen LogP contribution in [-0.4, -0.2) is 70.3 Å². The third-order valence-electron chi connectivity index (χ3n) is 5.23. The second kappa shape index (κ2) is 17.8. The molecule has 0 amide bonds. The predicted molar refractivity (Wildman–Crippen MR) is 157 cm³/mol. The number of anilines is 2. The summed E-state index contributed by atoms with van der Waals surface area (Å²) in [6, 6.07) is 12.7. The number of hydrogen-bond donors (Lipinski definition) is 3. The number of nitrogens with zero attached hydrogens (tertiary/aromatic N) is 4. The van der Waals surface area contributed by atoms with Gasteiger partial charge in [-0.15, -0.1) is 0 Å². The fourth-order valence-electron chi connectivity index (χ4n) is 3.56. The summed E-state index contributed by atoms with van der Waals surface area (Å²) in [5.74, 6) is 1.44. The Labute approximate surface area is 216 Å². The van der Waals surface area contributed by atoms with Crippen molar-refractivity contribution in [1.29, 1.82) is 0 Å². The molecule has 3 aromatic rings. The lowest BCUT2D eigenvalue weighted by Crippen LogP contribution is -2.25. The highest BCUT2D eigenvalue weighted by molar-refractivity contribution is 5.98. The number of nitrogens with one attached hydrogen (secondary N) is 3. The summed E-state index contributed by atoms with van der Waals surface area (Å²) >= 11 is 0. The summed E-state index contributed by atoms with van der Waals surface area (Å²) < 4.78 is 5.49. The van der Waals surface area contributed by atoms with Gasteiger partial charge in [0.15, 0.2) is 0 Å². The van der Waals surface area contributed by atoms with Crippen LogP contribution >= 0.6 is 0 Å². The van der Waals surface area contributed by atoms with E-state index in [2.05, 4.69) is 66.9 Å². The van der Waals surface area contributed by atoms with Gasteiger partial charge in [0.2, 0.25) is 5.95 Å². The molecule has 3 N–H and O–H groups in total. The Balaban J connectivity index is 0.00000120. The lowest BCUT2D eigenvalue weighted by atomic mass is 10.0. The standard InChI is InChI=1S/C24H32N6O.C2H5N.C2H6/c1-5-27-12-9-19(8-11-25-2)29-23-15-18(22-10-13-28-24(26-3)30-22)14-17-6-7-20(31-4)16-21(17)23;1-3-2;1-2/h5-7,10,13-16,19,25,29H,8-9,11-12H2,1-4H3,(H,26,28,30);1H2,2H3;1-2H3. The molecule has 0 fully saturated rings. The molecule has 0 saturated carbocycles. The summed E-state index contributed by atoms with van der Waals surface area (Å²) in [6.45, 7) is 10.8. The largest absolute Gasteiger partial charge is 0.497 e. The molecule has 0 radical (unpaired) electrons. The quantitative estimate of drug-likeness (QED) is 0.303. The van der Waals surface area contributed by atoms with Crippen LogP contribution in [0.2, 0.25) is 0 Å². The van der Waals surface area contributed by atoms with Gasteiger partial charge in [0.25, 0.3) is 0 Å². The minimum Gasteiger partial charge on any atom is -0.497 e. The SMILES string of the molecule is C=NC.CC.CC=NCCC(CCNC)Nc1cc(-c2ccnc(NC)n2)cc2ccc(OC)cc12. The molecule has 2 aromatic carbocycles. The molecule has 1 unspecified atom stereocenters. The number of aliphatic imine (C=N–C) groups is 2. The van der Waals surface area contributed by atoms with E-state index >= 15 is 0 Å². The third-order valence-corrected chi connectivity index (χ3v) is 5.23. The van der Waals surface area contributed by atoms with Crippen LogP contribution in [0, 0.1) is 0 Å². The highest BCUT2D eigenvalue weighted by atomic mass is 16.5. The van der Waals surface area contributed by atoms with Crippen LogP contribution < -0.4 is 20.7 Å². The zero-order valence-electron chi connectivity index (χ0n) is 22.9. The normalized spacial score (nSPS) is 11.1. The van der Waals surface area contributed by atoms with Crippen molar-refractivity contribution in [2.24, 2.45) is 9.98 Å². The maximum Gasteiger partial charge on any atom is 0.222 e. The number of benzene rings is 2. The molecular weight excluding hydrogens is 450 g/mol.